The van der Waals surface area contributed by atoms with Crippen molar-refractivity contribution in [3.05, 3.63) is 0 Å². The molecule has 1 aliphatic heterocycles. The van der Waals surface area contributed by atoms with Crippen LogP contribution < -0.4 is 0 Å². The molecule has 0 aliphatic carbocycles. The van der Waals surface area contributed by atoms with Crippen LogP contribution in [0.5, 0.6) is 0 Å². The summed E-state index contributed by atoms with van der Waals surface area (Å²) >= 11 is 0. The maximum atomic E-state index is 12.1. The molecular formula is C12H21NO5. The number of carbonyl (C=O) groups excluding carboxylic acids is 1. The normalized spacial score (nSPS) is 28.3. The predicted octanol–water partition coefficient (Wildman–Crippen LogP) is 1.83. The summed E-state index contributed by atoms with van der Waals surface area (Å²) in [6.07, 6.45) is -0.160. The summed E-state index contributed by atoms with van der Waals surface area (Å²) in [5, 5.41) is 9.13. The Morgan fingerprint density at radius 3 is 2.44 bits per heavy atom. The summed E-state index contributed by atoms with van der Waals surface area (Å²) in [4.78, 5) is 24.4. The Bertz CT molecular complexity index is 349. The van der Waals surface area contributed by atoms with Gasteiger partial charge in [-0.05, 0) is 34.1 Å². The second-order valence-electron chi connectivity index (χ2n) is 5.54. The lowest BCUT2D eigenvalue weighted by molar-refractivity contribution is -0.143. The van der Waals surface area contributed by atoms with Crippen molar-refractivity contribution < 1.29 is 24.2 Å². The molecule has 1 saturated heterocycles. The number of carbonyl (C=O) groups is 2. The molecule has 0 radical (unpaired) electrons. The molecule has 1 aliphatic rings. The average molecular weight is 259 g/mol. The number of aliphatic carboxylic acids is 1. The van der Waals surface area contributed by atoms with Crippen molar-refractivity contribution in [1.82, 2.24) is 4.90 Å². The summed E-state index contributed by atoms with van der Waals surface area (Å²) in [6.45, 7) is 8.73. The molecule has 1 unspecified atom stereocenters. The fourth-order valence-electron chi connectivity index (χ4n) is 1.82. The Kier molecular flexibility index (Phi) is 3.90. The minimum absolute atomic E-state index is 0.0150. The number of nitrogens with zero attached hydrogens (tertiary/aromatic N) is 1. The third-order valence-electron chi connectivity index (χ3n) is 2.90. The number of amides is 1. The molecule has 0 saturated carbocycles. The molecule has 2 atom stereocenters. The summed E-state index contributed by atoms with van der Waals surface area (Å²) in [5.74, 6) is -1.09. The van der Waals surface area contributed by atoms with Crippen LogP contribution in [0.2, 0.25) is 0 Å². The Morgan fingerprint density at radius 1 is 1.50 bits per heavy atom. The lowest BCUT2D eigenvalue weighted by Gasteiger charge is -2.35. The highest BCUT2D eigenvalue weighted by Crippen LogP contribution is 2.32. The average Bonchev–Trinajstić information content (AvgIpc) is 2.54. The molecule has 6 heteroatoms. The van der Waals surface area contributed by atoms with Crippen LogP contribution in [0.25, 0.3) is 0 Å². The van der Waals surface area contributed by atoms with Crippen molar-refractivity contribution in [1.29, 1.82) is 0 Å². The SMILES string of the molecule is CCC1(C)OC[C@@H](C(=O)O)N1C(=O)OC(C)(C)C. The van der Waals surface area contributed by atoms with Gasteiger partial charge in [-0.3, -0.25) is 4.90 Å². The number of carboxylic acid groups (broad SMARTS) is 1. The Morgan fingerprint density at radius 2 is 2.06 bits per heavy atom. The van der Waals surface area contributed by atoms with Crippen molar-refractivity contribution >= 4 is 12.1 Å². The molecule has 6 nitrogen and oxygen atoms in total. The molecule has 0 aromatic carbocycles. The van der Waals surface area contributed by atoms with E-state index in [1.807, 2.05) is 6.92 Å². The molecule has 0 bridgehead atoms. The maximum Gasteiger partial charge on any atom is 0.413 e. The third kappa shape index (κ3) is 2.93. The summed E-state index contributed by atoms with van der Waals surface area (Å²) in [6, 6.07) is -0.996. The molecule has 18 heavy (non-hydrogen) atoms. The zero-order chi connectivity index (χ0) is 14.1. The standard InChI is InChI=1S/C12H21NO5/c1-6-12(5)13(8(7-17-12)9(14)15)10(16)18-11(2,3)4/h8H,6-7H2,1-5H3,(H,14,15)/t8-,12?/m0/s1. The largest absolute Gasteiger partial charge is 0.480 e. The van der Waals surface area contributed by atoms with Gasteiger partial charge in [0.15, 0.2) is 6.04 Å². The van der Waals surface area contributed by atoms with Crippen molar-refractivity contribution in [3.8, 4) is 0 Å². The molecule has 1 rings (SSSR count). The van der Waals surface area contributed by atoms with E-state index in [0.717, 1.165) is 0 Å². The van der Waals surface area contributed by atoms with Crippen LogP contribution in [0, 0.1) is 0 Å². The topological polar surface area (TPSA) is 76.1 Å². The van der Waals surface area contributed by atoms with Crippen LogP contribution in [-0.2, 0) is 14.3 Å². The molecule has 1 amide bonds. The van der Waals surface area contributed by atoms with Gasteiger partial charge in [-0.2, -0.15) is 0 Å². The van der Waals surface area contributed by atoms with Gasteiger partial charge in [-0.15, -0.1) is 0 Å². The van der Waals surface area contributed by atoms with Gasteiger partial charge in [-0.1, -0.05) is 6.92 Å². The van der Waals surface area contributed by atoms with Crippen molar-refractivity contribution in [2.45, 2.75) is 58.4 Å². The number of ether oxygens (including phenoxy) is 2. The quantitative estimate of drug-likeness (QED) is 0.818. The molecule has 1 fully saturated rings. The highest BCUT2D eigenvalue weighted by molar-refractivity contribution is 5.81. The molecule has 0 aromatic rings. The highest BCUT2D eigenvalue weighted by atomic mass is 16.6. The first-order chi connectivity index (χ1) is 8.10. The first-order valence-electron chi connectivity index (χ1n) is 6.00. The van der Waals surface area contributed by atoms with Crippen molar-refractivity contribution in [2.75, 3.05) is 6.61 Å². The van der Waals surface area contributed by atoms with E-state index < -0.39 is 29.4 Å². The Balaban J connectivity index is 2.97. The Labute approximate surface area is 107 Å². The van der Waals surface area contributed by atoms with Gasteiger partial charge in [0.1, 0.15) is 11.3 Å². The van der Waals surface area contributed by atoms with Crippen LogP contribution in [-0.4, -0.2) is 46.0 Å². The number of hydrogen-bond acceptors (Lipinski definition) is 4. The van der Waals surface area contributed by atoms with Crippen LogP contribution in [0.4, 0.5) is 4.79 Å². The summed E-state index contributed by atoms with van der Waals surface area (Å²) in [7, 11) is 0. The molecule has 1 N–H and O–H groups in total. The molecule has 104 valence electrons. The van der Waals surface area contributed by atoms with Gasteiger partial charge in [0, 0.05) is 0 Å². The lowest BCUT2D eigenvalue weighted by atomic mass is 10.1. The van der Waals surface area contributed by atoms with E-state index in [-0.39, 0.29) is 6.61 Å². The maximum absolute atomic E-state index is 12.1. The fraction of sp³-hybridized carbons (Fsp3) is 0.833. The van der Waals surface area contributed by atoms with Gasteiger partial charge in [0.25, 0.3) is 0 Å². The molecule has 1 heterocycles. The summed E-state index contributed by atoms with van der Waals surface area (Å²) < 4.78 is 10.7. The van der Waals surface area contributed by atoms with Crippen molar-refractivity contribution in [3.63, 3.8) is 0 Å². The number of carboxylic acids is 1. The second-order valence-corrected chi connectivity index (χ2v) is 5.54. The van der Waals surface area contributed by atoms with Crippen LogP contribution in [0.1, 0.15) is 41.0 Å². The van der Waals surface area contributed by atoms with Gasteiger partial charge in [0.05, 0.1) is 6.61 Å². The minimum atomic E-state index is -1.09. The first kappa shape index (κ1) is 14.8. The van der Waals surface area contributed by atoms with E-state index in [9.17, 15) is 9.59 Å². The van der Waals surface area contributed by atoms with E-state index in [2.05, 4.69) is 0 Å². The third-order valence-corrected chi connectivity index (χ3v) is 2.90. The lowest BCUT2D eigenvalue weighted by Crippen LogP contribution is -2.53. The molecule has 0 aromatic heterocycles. The predicted molar refractivity (Wildman–Crippen MR) is 64.1 cm³/mol. The van der Waals surface area contributed by atoms with Crippen LogP contribution in [0.3, 0.4) is 0 Å². The van der Waals surface area contributed by atoms with Gasteiger partial charge in [-0.25, -0.2) is 9.59 Å². The zero-order valence-corrected chi connectivity index (χ0v) is 11.5. The zero-order valence-electron chi connectivity index (χ0n) is 11.5. The van der Waals surface area contributed by atoms with Gasteiger partial charge >= 0.3 is 12.1 Å². The fourth-order valence-corrected chi connectivity index (χ4v) is 1.82. The number of hydrogen-bond donors (Lipinski definition) is 1. The molecular weight excluding hydrogens is 238 g/mol. The first-order valence-corrected chi connectivity index (χ1v) is 6.00. The van der Waals surface area contributed by atoms with E-state index in [4.69, 9.17) is 14.6 Å². The number of rotatable bonds is 2. The monoisotopic (exact) mass is 259 g/mol. The van der Waals surface area contributed by atoms with E-state index in [0.29, 0.717) is 6.42 Å². The van der Waals surface area contributed by atoms with E-state index in [1.54, 1.807) is 27.7 Å². The van der Waals surface area contributed by atoms with Crippen LogP contribution in [0.15, 0.2) is 0 Å². The second kappa shape index (κ2) is 4.76. The van der Waals surface area contributed by atoms with Gasteiger partial charge < -0.3 is 14.6 Å². The highest BCUT2D eigenvalue weighted by Gasteiger charge is 2.50. The minimum Gasteiger partial charge on any atom is -0.480 e. The smallest absolute Gasteiger partial charge is 0.413 e. The van der Waals surface area contributed by atoms with Gasteiger partial charge in [0.2, 0.25) is 0 Å². The van der Waals surface area contributed by atoms with Crippen molar-refractivity contribution in [2.24, 2.45) is 0 Å². The van der Waals surface area contributed by atoms with E-state index in [1.165, 1.54) is 4.90 Å². The van der Waals surface area contributed by atoms with Crippen LogP contribution >= 0.6 is 0 Å². The Hall–Kier alpha value is -1.30. The van der Waals surface area contributed by atoms with E-state index >= 15 is 0 Å². The molecule has 0 spiro atoms. The summed E-state index contributed by atoms with van der Waals surface area (Å²) in [5.41, 5.74) is -1.59.